The number of fused-ring (bicyclic) bond motifs is 3. The molecule has 0 fully saturated rings. The summed E-state index contributed by atoms with van der Waals surface area (Å²) in [4.78, 5) is 3.38. The number of phenolic OH excluding ortho intramolecular Hbond substituents is 1. The summed E-state index contributed by atoms with van der Waals surface area (Å²) in [5.74, 6) is 0.0506. The molecule has 4 rings (SSSR count). The van der Waals surface area contributed by atoms with Crippen molar-refractivity contribution in [3.05, 3.63) is 65.1 Å². The molecular formula is C17H15FN2O. The maximum Gasteiger partial charge on any atom is 0.123 e. The molecule has 1 aliphatic heterocycles. The van der Waals surface area contributed by atoms with E-state index in [-0.39, 0.29) is 17.6 Å². The van der Waals surface area contributed by atoms with Gasteiger partial charge in [0.1, 0.15) is 11.6 Å². The van der Waals surface area contributed by atoms with Crippen LogP contribution in [0.4, 0.5) is 4.39 Å². The molecule has 1 atom stereocenters. The van der Waals surface area contributed by atoms with Crippen LogP contribution in [-0.4, -0.2) is 16.6 Å². The molecule has 3 nitrogen and oxygen atoms in total. The van der Waals surface area contributed by atoms with Crippen molar-refractivity contribution in [2.24, 2.45) is 0 Å². The molecule has 0 aliphatic carbocycles. The minimum atomic E-state index is -0.220. The maximum atomic E-state index is 13.5. The highest BCUT2D eigenvalue weighted by Gasteiger charge is 2.26. The minimum absolute atomic E-state index is 0.0922. The zero-order valence-corrected chi connectivity index (χ0v) is 11.4. The Balaban J connectivity index is 1.92. The number of phenols is 1. The summed E-state index contributed by atoms with van der Waals surface area (Å²) in [6.45, 7) is 0.801. The number of benzene rings is 2. The fraction of sp³-hybridized carbons (Fsp3) is 0.176. The summed E-state index contributed by atoms with van der Waals surface area (Å²) < 4.78 is 13.5. The number of para-hydroxylation sites is 1. The Morgan fingerprint density at radius 2 is 2.00 bits per heavy atom. The van der Waals surface area contributed by atoms with Gasteiger partial charge in [0.2, 0.25) is 0 Å². The van der Waals surface area contributed by atoms with Gasteiger partial charge < -0.3 is 15.4 Å². The molecule has 1 aromatic heterocycles. The van der Waals surface area contributed by atoms with E-state index in [1.807, 2.05) is 18.2 Å². The van der Waals surface area contributed by atoms with E-state index in [4.69, 9.17) is 0 Å². The van der Waals surface area contributed by atoms with Crippen LogP contribution in [-0.2, 0) is 6.42 Å². The number of hydrogen-bond acceptors (Lipinski definition) is 2. The summed E-state index contributed by atoms with van der Waals surface area (Å²) in [6.07, 6.45) is 0.850. The van der Waals surface area contributed by atoms with Gasteiger partial charge in [0.25, 0.3) is 0 Å². The maximum absolute atomic E-state index is 13.5. The number of halogens is 1. The molecule has 0 radical (unpaired) electrons. The monoisotopic (exact) mass is 282 g/mol. The first-order valence-electron chi connectivity index (χ1n) is 7.05. The van der Waals surface area contributed by atoms with Gasteiger partial charge in [0.05, 0.1) is 6.04 Å². The molecule has 3 N–H and O–H groups in total. The van der Waals surface area contributed by atoms with Gasteiger partial charge in [-0.3, -0.25) is 0 Å². The third-order valence-corrected chi connectivity index (χ3v) is 4.16. The Morgan fingerprint density at radius 1 is 1.14 bits per heavy atom. The quantitative estimate of drug-likeness (QED) is 0.641. The van der Waals surface area contributed by atoms with Crippen molar-refractivity contribution in [3.63, 3.8) is 0 Å². The number of nitrogens with one attached hydrogen (secondary N) is 2. The van der Waals surface area contributed by atoms with Crippen molar-refractivity contribution in [1.29, 1.82) is 0 Å². The average Bonchev–Trinajstić information content (AvgIpc) is 2.86. The first kappa shape index (κ1) is 12.4. The summed E-state index contributed by atoms with van der Waals surface area (Å²) in [5, 5.41) is 14.5. The van der Waals surface area contributed by atoms with E-state index in [1.165, 1.54) is 6.07 Å². The van der Waals surface area contributed by atoms with Crippen molar-refractivity contribution in [2.75, 3.05) is 6.54 Å². The second kappa shape index (κ2) is 4.60. The Labute approximate surface area is 121 Å². The zero-order valence-electron chi connectivity index (χ0n) is 11.4. The topological polar surface area (TPSA) is 48.0 Å². The lowest BCUT2D eigenvalue weighted by atomic mass is 9.94. The molecule has 0 saturated heterocycles. The lowest BCUT2D eigenvalue weighted by Crippen LogP contribution is -2.30. The molecule has 1 unspecified atom stereocenters. The molecule has 4 heteroatoms. The van der Waals surface area contributed by atoms with Crippen LogP contribution in [0.2, 0.25) is 0 Å². The van der Waals surface area contributed by atoms with Gasteiger partial charge in [0, 0.05) is 28.7 Å². The van der Waals surface area contributed by atoms with Gasteiger partial charge in [0.15, 0.2) is 0 Å². The van der Waals surface area contributed by atoms with Crippen LogP contribution in [0.25, 0.3) is 10.9 Å². The number of aromatic hydroxyl groups is 1. The molecule has 0 spiro atoms. The molecule has 3 aromatic rings. The highest BCUT2D eigenvalue weighted by atomic mass is 19.1. The van der Waals surface area contributed by atoms with E-state index in [0.717, 1.165) is 40.7 Å². The highest BCUT2D eigenvalue weighted by Crippen LogP contribution is 2.36. The molecular weight excluding hydrogens is 267 g/mol. The van der Waals surface area contributed by atoms with Crippen LogP contribution in [0.5, 0.6) is 5.75 Å². The van der Waals surface area contributed by atoms with Crippen LogP contribution >= 0.6 is 0 Å². The highest BCUT2D eigenvalue weighted by molar-refractivity contribution is 5.85. The van der Waals surface area contributed by atoms with Crippen LogP contribution < -0.4 is 5.32 Å². The lowest BCUT2D eigenvalue weighted by Gasteiger charge is -2.25. The Bertz CT molecular complexity index is 825. The number of H-pyrrole nitrogens is 1. The van der Waals surface area contributed by atoms with Gasteiger partial charge in [-0.25, -0.2) is 4.39 Å². The molecule has 106 valence electrons. The standard InChI is InChI=1S/C17H15FN2O/c18-10-5-6-14-13(9-10)11-7-8-19-16(17(11)20-14)12-3-1-2-4-15(12)21/h1-6,9,16,19-21H,7-8H2. The molecule has 2 heterocycles. The third-order valence-electron chi connectivity index (χ3n) is 4.16. The van der Waals surface area contributed by atoms with Gasteiger partial charge in [-0.2, -0.15) is 0 Å². The fourth-order valence-corrected chi connectivity index (χ4v) is 3.20. The Kier molecular flexibility index (Phi) is 2.72. The smallest absolute Gasteiger partial charge is 0.123 e. The third kappa shape index (κ3) is 1.91. The van der Waals surface area contributed by atoms with Crippen molar-refractivity contribution < 1.29 is 9.50 Å². The number of hydrogen-bond donors (Lipinski definition) is 3. The second-order valence-electron chi connectivity index (χ2n) is 5.40. The van der Waals surface area contributed by atoms with Gasteiger partial charge in [-0.05, 0) is 36.2 Å². The van der Waals surface area contributed by atoms with Crippen LogP contribution in [0.3, 0.4) is 0 Å². The number of aromatic amines is 1. The molecule has 21 heavy (non-hydrogen) atoms. The van der Waals surface area contributed by atoms with Crippen LogP contribution in [0, 0.1) is 5.82 Å². The number of aromatic nitrogens is 1. The van der Waals surface area contributed by atoms with E-state index >= 15 is 0 Å². The molecule has 0 saturated carbocycles. The van der Waals surface area contributed by atoms with Crippen molar-refractivity contribution in [2.45, 2.75) is 12.5 Å². The summed E-state index contributed by atoms with van der Waals surface area (Å²) >= 11 is 0. The molecule has 0 bridgehead atoms. The van der Waals surface area contributed by atoms with Gasteiger partial charge in [-0.15, -0.1) is 0 Å². The zero-order chi connectivity index (χ0) is 14.4. The fourth-order valence-electron chi connectivity index (χ4n) is 3.20. The largest absolute Gasteiger partial charge is 0.508 e. The van der Waals surface area contributed by atoms with E-state index < -0.39 is 0 Å². The second-order valence-corrected chi connectivity index (χ2v) is 5.40. The van der Waals surface area contributed by atoms with E-state index in [2.05, 4.69) is 10.3 Å². The summed E-state index contributed by atoms with van der Waals surface area (Å²) in [5.41, 5.74) is 3.93. The first-order valence-corrected chi connectivity index (χ1v) is 7.05. The average molecular weight is 282 g/mol. The number of rotatable bonds is 1. The van der Waals surface area contributed by atoms with Gasteiger partial charge >= 0.3 is 0 Å². The minimum Gasteiger partial charge on any atom is -0.508 e. The molecule has 2 aromatic carbocycles. The summed E-state index contributed by atoms with van der Waals surface area (Å²) in [7, 11) is 0. The van der Waals surface area contributed by atoms with E-state index in [0.29, 0.717) is 0 Å². The van der Waals surface area contributed by atoms with Crippen molar-refractivity contribution in [1.82, 2.24) is 10.3 Å². The van der Waals surface area contributed by atoms with E-state index in [1.54, 1.807) is 18.2 Å². The van der Waals surface area contributed by atoms with Crippen molar-refractivity contribution >= 4 is 10.9 Å². The predicted octanol–water partition coefficient (Wildman–Crippen LogP) is 3.25. The van der Waals surface area contributed by atoms with Crippen LogP contribution in [0.15, 0.2) is 42.5 Å². The lowest BCUT2D eigenvalue weighted by molar-refractivity contribution is 0.452. The Morgan fingerprint density at radius 3 is 2.86 bits per heavy atom. The normalized spacial score (nSPS) is 17.9. The molecule has 1 aliphatic rings. The van der Waals surface area contributed by atoms with E-state index in [9.17, 15) is 9.50 Å². The Hall–Kier alpha value is -2.33. The van der Waals surface area contributed by atoms with Crippen molar-refractivity contribution in [3.8, 4) is 5.75 Å². The SMILES string of the molecule is Oc1ccccc1C1NCCc2c1[nH]c1ccc(F)cc21. The molecule has 0 amide bonds. The predicted molar refractivity (Wildman–Crippen MR) is 79.9 cm³/mol. The first-order chi connectivity index (χ1) is 10.2. The van der Waals surface area contributed by atoms with Gasteiger partial charge in [-0.1, -0.05) is 18.2 Å². The van der Waals surface area contributed by atoms with Crippen LogP contribution in [0.1, 0.15) is 22.9 Å². The summed E-state index contributed by atoms with van der Waals surface area (Å²) in [6, 6.07) is 12.0.